The standard InChI is InChI=1S/C20H24N2O4/c1-5-10-22-15-9-7-6-8-14(15)21-20(22)18(23)13-11-16(24-2)19(26-4)17(12-13)25-3/h6-9,11-12,18,23H,5,10H2,1-4H3/t18-/m0/s1. The van der Waals surface area contributed by atoms with Crippen LogP contribution in [0.3, 0.4) is 0 Å². The van der Waals surface area contributed by atoms with E-state index in [-0.39, 0.29) is 0 Å². The van der Waals surface area contributed by atoms with Gasteiger partial charge in [-0.05, 0) is 36.2 Å². The molecule has 1 N–H and O–H groups in total. The van der Waals surface area contributed by atoms with Crippen LogP contribution in [0.4, 0.5) is 0 Å². The van der Waals surface area contributed by atoms with E-state index < -0.39 is 6.10 Å². The molecule has 2 aromatic carbocycles. The lowest BCUT2D eigenvalue weighted by atomic mass is 10.1. The average molecular weight is 356 g/mol. The van der Waals surface area contributed by atoms with Gasteiger partial charge in [0.1, 0.15) is 11.9 Å². The minimum absolute atomic E-state index is 0.494. The maximum atomic E-state index is 11.1. The summed E-state index contributed by atoms with van der Waals surface area (Å²) in [6, 6.07) is 11.4. The Kier molecular flexibility index (Phi) is 5.32. The van der Waals surface area contributed by atoms with Gasteiger partial charge in [0.05, 0.1) is 32.4 Å². The summed E-state index contributed by atoms with van der Waals surface area (Å²) < 4.78 is 18.2. The molecule has 6 nitrogen and oxygen atoms in total. The van der Waals surface area contributed by atoms with E-state index in [9.17, 15) is 5.11 Å². The van der Waals surface area contributed by atoms with Gasteiger partial charge in [-0.3, -0.25) is 0 Å². The minimum atomic E-state index is -0.914. The summed E-state index contributed by atoms with van der Waals surface area (Å²) in [7, 11) is 4.66. The minimum Gasteiger partial charge on any atom is -0.493 e. The molecule has 0 saturated heterocycles. The summed E-state index contributed by atoms with van der Waals surface area (Å²) in [5.74, 6) is 2.09. The Morgan fingerprint density at radius 2 is 1.69 bits per heavy atom. The van der Waals surface area contributed by atoms with Gasteiger partial charge in [0.25, 0.3) is 0 Å². The Bertz CT molecular complexity index is 879. The van der Waals surface area contributed by atoms with E-state index in [2.05, 4.69) is 16.5 Å². The number of ether oxygens (including phenoxy) is 3. The number of hydrogen-bond donors (Lipinski definition) is 1. The van der Waals surface area contributed by atoms with E-state index in [1.54, 1.807) is 33.5 Å². The van der Waals surface area contributed by atoms with Crippen LogP contribution in [0.2, 0.25) is 0 Å². The van der Waals surface area contributed by atoms with Crippen LogP contribution in [-0.4, -0.2) is 36.0 Å². The fraction of sp³-hybridized carbons (Fsp3) is 0.350. The Balaban J connectivity index is 2.13. The molecule has 0 bridgehead atoms. The summed E-state index contributed by atoms with van der Waals surface area (Å²) in [5, 5.41) is 11.1. The third-order valence-corrected chi connectivity index (χ3v) is 4.38. The number of para-hydroxylation sites is 2. The van der Waals surface area contributed by atoms with Crippen molar-refractivity contribution in [3.05, 3.63) is 47.8 Å². The summed E-state index contributed by atoms with van der Waals surface area (Å²) >= 11 is 0. The smallest absolute Gasteiger partial charge is 0.203 e. The van der Waals surface area contributed by atoms with Gasteiger partial charge in [-0.15, -0.1) is 0 Å². The number of benzene rings is 2. The van der Waals surface area contributed by atoms with Gasteiger partial charge < -0.3 is 23.9 Å². The zero-order valence-electron chi connectivity index (χ0n) is 15.5. The number of imidazole rings is 1. The second-order valence-corrected chi connectivity index (χ2v) is 5.97. The van der Waals surface area contributed by atoms with Crippen molar-refractivity contribution in [2.24, 2.45) is 0 Å². The lowest BCUT2D eigenvalue weighted by molar-refractivity contribution is 0.203. The number of aryl methyl sites for hydroxylation is 1. The van der Waals surface area contributed by atoms with Crippen LogP contribution in [-0.2, 0) is 6.54 Å². The van der Waals surface area contributed by atoms with Crippen molar-refractivity contribution in [3.63, 3.8) is 0 Å². The molecule has 0 unspecified atom stereocenters. The van der Waals surface area contributed by atoms with Crippen molar-refractivity contribution in [3.8, 4) is 17.2 Å². The molecule has 3 rings (SSSR count). The highest BCUT2D eigenvalue weighted by molar-refractivity contribution is 5.76. The second kappa shape index (κ2) is 7.66. The van der Waals surface area contributed by atoms with E-state index in [4.69, 9.17) is 14.2 Å². The fourth-order valence-corrected chi connectivity index (χ4v) is 3.17. The van der Waals surface area contributed by atoms with Crippen LogP contribution < -0.4 is 14.2 Å². The lowest BCUT2D eigenvalue weighted by Gasteiger charge is -2.18. The van der Waals surface area contributed by atoms with Gasteiger partial charge in [0.15, 0.2) is 11.5 Å². The SMILES string of the molecule is CCCn1c([C@@H](O)c2cc(OC)c(OC)c(OC)c2)nc2ccccc21. The van der Waals surface area contributed by atoms with Crippen molar-refractivity contribution in [2.45, 2.75) is 26.0 Å². The molecule has 0 amide bonds. The van der Waals surface area contributed by atoms with Crippen LogP contribution in [0.5, 0.6) is 17.2 Å². The number of nitrogens with zero attached hydrogens (tertiary/aromatic N) is 2. The van der Waals surface area contributed by atoms with Crippen LogP contribution in [0.15, 0.2) is 36.4 Å². The zero-order valence-corrected chi connectivity index (χ0v) is 15.5. The van der Waals surface area contributed by atoms with Crippen molar-refractivity contribution in [1.82, 2.24) is 9.55 Å². The molecule has 0 aliphatic rings. The van der Waals surface area contributed by atoms with Crippen LogP contribution in [0.1, 0.15) is 30.8 Å². The third kappa shape index (κ3) is 3.08. The number of fused-ring (bicyclic) bond motifs is 1. The first-order valence-electron chi connectivity index (χ1n) is 8.57. The first-order valence-corrected chi connectivity index (χ1v) is 8.57. The summed E-state index contributed by atoms with van der Waals surface area (Å²) in [4.78, 5) is 4.66. The Morgan fingerprint density at radius 3 is 2.27 bits per heavy atom. The predicted molar refractivity (Wildman–Crippen MR) is 100 cm³/mol. The van der Waals surface area contributed by atoms with Crippen molar-refractivity contribution < 1.29 is 19.3 Å². The first kappa shape index (κ1) is 18.1. The molecule has 0 aliphatic carbocycles. The molecule has 1 heterocycles. The van der Waals surface area contributed by atoms with E-state index in [0.29, 0.717) is 28.6 Å². The summed E-state index contributed by atoms with van der Waals surface area (Å²) in [5.41, 5.74) is 2.51. The van der Waals surface area contributed by atoms with E-state index in [1.165, 1.54) is 0 Å². The largest absolute Gasteiger partial charge is 0.493 e. The number of hydrogen-bond acceptors (Lipinski definition) is 5. The number of rotatable bonds is 7. The quantitative estimate of drug-likeness (QED) is 0.701. The molecule has 0 fully saturated rings. The van der Waals surface area contributed by atoms with Crippen LogP contribution >= 0.6 is 0 Å². The van der Waals surface area contributed by atoms with Crippen LogP contribution in [0, 0.1) is 0 Å². The highest BCUT2D eigenvalue weighted by Crippen LogP contribution is 2.40. The van der Waals surface area contributed by atoms with Crippen LogP contribution in [0.25, 0.3) is 11.0 Å². The molecular formula is C20H24N2O4. The van der Waals surface area contributed by atoms with E-state index >= 15 is 0 Å². The van der Waals surface area contributed by atoms with Gasteiger partial charge >= 0.3 is 0 Å². The predicted octanol–water partition coefficient (Wildman–Crippen LogP) is 3.55. The van der Waals surface area contributed by atoms with E-state index in [1.807, 2.05) is 24.3 Å². The van der Waals surface area contributed by atoms with Gasteiger partial charge in [-0.1, -0.05) is 19.1 Å². The van der Waals surface area contributed by atoms with Gasteiger partial charge in [0.2, 0.25) is 5.75 Å². The highest BCUT2D eigenvalue weighted by Gasteiger charge is 2.23. The van der Waals surface area contributed by atoms with Crippen molar-refractivity contribution in [2.75, 3.05) is 21.3 Å². The molecule has 1 atom stereocenters. The Morgan fingerprint density at radius 1 is 1.04 bits per heavy atom. The lowest BCUT2D eigenvalue weighted by Crippen LogP contribution is -2.11. The van der Waals surface area contributed by atoms with Gasteiger partial charge in [-0.2, -0.15) is 0 Å². The number of aromatic nitrogens is 2. The average Bonchev–Trinajstić information content (AvgIpc) is 3.05. The number of aliphatic hydroxyl groups is 1. The maximum absolute atomic E-state index is 11.1. The molecule has 0 saturated carbocycles. The Hall–Kier alpha value is -2.73. The Labute approximate surface area is 152 Å². The van der Waals surface area contributed by atoms with Crippen molar-refractivity contribution >= 4 is 11.0 Å². The normalized spacial score (nSPS) is 12.2. The summed E-state index contributed by atoms with van der Waals surface area (Å²) in [6.45, 7) is 2.88. The number of methoxy groups -OCH3 is 3. The van der Waals surface area contributed by atoms with Gasteiger partial charge in [0, 0.05) is 6.54 Å². The zero-order chi connectivity index (χ0) is 18.7. The highest BCUT2D eigenvalue weighted by atomic mass is 16.5. The number of aliphatic hydroxyl groups excluding tert-OH is 1. The molecule has 3 aromatic rings. The maximum Gasteiger partial charge on any atom is 0.203 e. The monoisotopic (exact) mass is 356 g/mol. The second-order valence-electron chi connectivity index (χ2n) is 5.97. The molecule has 1 aromatic heterocycles. The molecule has 26 heavy (non-hydrogen) atoms. The fourth-order valence-electron chi connectivity index (χ4n) is 3.17. The third-order valence-electron chi connectivity index (χ3n) is 4.38. The first-order chi connectivity index (χ1) is 12.6. The summed E-state index contributed by atoms with van der Waals surface area (Å²) in [6.07, 6.45) is 0.0256. The van der Waals surface area contributed by atoms with Gasteiger partial charge in [-0.25, -0.2) is 4.98 Å². The topological polar surface area (TPSA) is 65.7 Å². The van der Waals surface area contributed by atoms with Crippen molar-refractivity contribution in [1.29, 1.82) is 0 Å². The molecule has 6 heteroatoms. The molecule has 0 aliphatic heterocycles. The molecular weight excluding hydrogens is 332 g/mol. The molecule has 138 valence electrons. The molecule has 0 spiro atoms. The molecule has 0 radical (unpaired) electrons. The van der Waals surface area contributed by atoms with E-state index in [0.717, 1.165) is 24.0 Å².